The Morgan fingerprint density at radius 2 is 0.270 bits per heavy atom. The zero-order valence-corrected chi connectivity index (χ0v) is 38.6. The maximum Gasteiger partial charge on any atom is 1.00 e. The molecule has 0 heterocycles. The van der Waals surface area contributed by atoms with Crippen LogP contribution in [0.1, 0.15) is 0 Å². The van der Waals surface area contributed by atoms with Gasteiger partial charge in [-0.1, -0.05) is 273 Å². The van der Waals surface area contributed by atoms with E-state index in [1.165, 1.54) is 47.7 Å². The molecule has 0 fully saturated rings. The fraction of sp³-hybridized carbons (Fsp3) is 0. The maximum atomic E-state index is 9.75. The molecule has 0 bridgehead atoms. The van der Waals surface area contributed by atoms with Crippen LogP contribution in [-0.4, -0.2) is 7.25 Å². The van der Waals surface area contributed by atoms with E-state index < -0.39 is 31.0 Å². The molecule has 0 atom stereocenters. The van der Waals surface area contributed by atoms with Crippen LogP contribution in [-0.2, 0) is 19.5 Å². The van der Waals surface area contributed by atoms with Crippen LogP contribution in [0.25, 0.3) is 0 Å². The van der Waals surface area contributed by atoms with Crippen molar-refractivity contribution in [2.75, 3.05) is 0 Å². The minimum absolute atomic E-state index is 0. The molecule has 9 heteroatoms. The summed E-state index contributed by atoms with van der Waals surface area (Å²) in [6.07, 6.45) is 0. The molecule has 0 aromatic heterocycles. The molecular weight excluding hydrogens is 931 g/mol. The van der Waals surface area contributed by atoms with Gasteiger partial charge in [-0.15, -0.1) is 0 Å². The van der Waals surface area contributed by atoms with Crippen LogP contribution in [0.15, 0.2) is 273 Å². The summed E-state index contributed by atoms with van der Waals surface area (Å²) < 4.78 is 39.0. The van der Waals surface area contributed by atoms with Gasteiger partial charge in [-0.2, -0.15) is 0 Å². The van der Waals surface area contributed by atoms with Crippen molar-refractivity contribution in [3.05, 3.63) is 273 Å². The number of halogens is 4. The summed E-state index contributed by atoms with van der Waals surface area (Å²) >= 11 is 0. The third kappa shape index (κ3) is 16.1. The second kappa shape index (κ2) is 26.3. The predicted octanol–water partition coefficient (Wildman–Crippen LogP) is 11.6. The van der Waals surface area contributed by atoms with E-state index >= 15 is 0 Å². The summed E-state index contributed by atoms with van der Waals surface area (Å²) in [6, 6.07) is 97.0. The fourth-order valence-electron chi connectivity index (χ4n) is 6.54. The van der Waals surface area contributed by atoms with Crippen LogP contribution in [0.2, 0.25) is 0 Å². The molecule has 0 spiro atoms. The van der Waals surface area contributed by atoms with Crippen LogP contribution in [0.5, 0.6) is 0 Å². The van der Waals surface area contributed by atoms with E-state index in [1.807, 2.05) is 0 Å². The molecule has 0 saturated heterocycles. The molecule has 0 aliphatic rings. The molecule has 0 nitrogen and oxygen atoms in total. The molecule has 0 N–H and O–H groups in total. The Kier molecular flexibility index (Phi) is 20.4. The molecule has 0 aliphatic heterocycles. The van der Waals surface area contributed by atoms with Gasteiger partial charge in [-0.25, -0.2) is 0 Å². The van der Waals surface area contributed by atoms with Crippen molar-refractivity contribution >= 4 is 78.8 Å². The van der Waals surface area contributed by atoms with Gasteiger partial charge in [0, 0.05) is 0 Å². The summed E-state index contributed by atoms with van der Waals surface area (Å²) in [4.78, 5) is 0. The van der Waals surface area contributed by atoms with E-state index in [0.29, 0.717) is 0 Å². The summed E-state index contributed by atoms with van der Waals surface area (Å²) in [7, 11) is -7.34. The summed E-state index contributed by atoms with van der Waals surface area (Å²) in [6.45, 7) is 0. The van der Waals surface area contributed by atoms with Gasteiger partial charge in [-0.05, 0) is 71.5 Å². The second-order valence-electron chi connectivity index (χ2n) is 13.5. The Bertz CT molecular complexity index is 1980. The predicted molar refractivity (Wildman–Crippen MR) is 266 cm³/mol. The van der Waals surface area contributed by atoms with Crippen LogP contribution in [0.3, 0.4) is 0 Å². The molecular formula is C54H45BF4P3Rh. The smallest absolute Gasteiger partial charge is 0.418 e. The van der Waals surface area contributed by atoms with E-state index in [9.17, 15) is 17.3 Å². The number of hydrogen-bond acceptors (Lipinski definition) is 0. The molecule has 0 saturated carbocycles. The van der Waals surface area contributed by atoms with E-state index in [4.69, 9.17) is 0 Å². The van der Waals surface area contributed by atoms with Crippen molar-refractivity contribution in [3.63, 3.8) is 0 Å². The zero-order valence-electron chi connectivity index (χ0n) is 34.2. The van der Waals surface area contributed by atoms with Crippen molar-refractivity contribution in [2.24, 2.45) is 0 Å². The zero-order chi connectivity index (χ0) is 43.2. The second-order valence-corrected chi connectivity index (χ2v) is 20.2. The minimum Gasteiger partial charge on any atom is -0.418 e. The van der Waals surface area contributed by atoms with Gasteiger partial charge in [0.25, 0.3) is 0 Å². The Morgan fingerprint density at radius 1 is 0.190 bits per heavy atom. The van der Waals surface area contributed by atoms with Gasteiger partial charge >= 0.3 is 26.7 Å². The summed E-state index contributed by atoms with van der Waals surface area (Å²) in [5.74, 6) is 0. The Morgan fingerprint density at radius 3 is 0.349 bits per heavy atom. The van der Waals surface area contributed by atoms with Gasteiger partial charge in [-0.3, -0.25) is 0 Å². The first-order chi connectivity index (χ1) is 30.3. The normalized spacial score (nSPS) is 10.5. The van der Waals surface area contributed by atoms with Crippen molar-refractivity contribution in [1.82, 2.24) is 0 Å². The average Bonchev–Trinajstić information content (AvgIpc) is 3.32. The SMILES string of the molecule is F[B-](F)(F)F.[Rh+].c1ccc(P(c2ccccc2)c2ccccc2)cc1.c1ccc(P(c2ccccc2)c2ccccc2)cc1.c1ccc(P(c2ccccc2)c2ccccc2)cc1. The van der Waals surface area contributed by atoms with Crippen molar-refractivity contribution in [2.45, 2.75) is 0 Å². The van der Waals surface area contributed by atoms with Crippen molar-refractivity contribution < 1.29 is 36.7 Å². The molecule has 0 amide bonds. The molecule has 9 aromatic rings. The quantitative estimate of drug-likeness (QED) is 0.0768. The van der Waals surface area contributed by atoms with Crippen LogP contribution in [0, 0.1) is 0 Å². The third-order valence-corrected chi connectivity index (χ3v) is 16.5. The van der Waals surface area contributed by atoms with E-state index in [1.54, 1.807) is 0 Å². The molecule has 9 aromatic carbocycles. The minimum atomic E-state index is -6.00. The van der Waals surface area contributed by atoms with Crippen molar-refractivity contribution in [3.8, 4) is 0 Å². The first-order valence-electron chi connectivity index (χ1n) is 20.1. The Balaban J connectivity index is 0.000000168. The first-order valence-corrected chi connectivity index (χ1v) is 24.1. The van der Waals surface area contributed by atoms with E-state index in [-0.39, 0.29) is 19.5 Å². The Labute approximate surface area is 386 Å². The molecule has 0 radical (unpaired) electrons. The molecule has 0 unspecified atom stereocenters. The fourth-order valence-corrected chi connectivity index (χ4v) is 13.5. The van der Waals surface area contributed by atoms with Gasteiger partial charge in [0.2, 0.25) is 0 Å². The van der Waals surface area contributed by atoms with Gasteiger partial charge in [0.1, 0.15) is 0 Å². The third-order valence-electron chi connectivity index (χ3n) is 9.13. The molecule has 63 heavy (non-hydrogen) atoms. The molecule has 9 rings (SSSR count). The van der Waals surface area contributed by atoms with Gasteiger partial charge < -0.3 is 17.3 Å². The summed E-state index contributed by atoms with van der Waals surface area (Å²) in [5, 5.41) is 12.6. The Hall–Kier alpha value is -5.32. The average molecular weight is 977 g/mol. The number of hydrogen-bond donors (Lipinski definition) is 0. The van der Waals surface area contributed by atoms with Crippen molar-refractivity contribution in [1.29, 1.82) is 0 Å². The summed E-state index contributed by atoms with van der Waals surface area (Å²) in [5.41, 5.74) is 0. The standard InChI is InChI=1S/3C18H15P.BF4.Rh/c3*1-4-10-16(11-5-1)19(17-12-6-2-7-13-17)18-14-8-3-9-15-18;2-1(3,4)5;/h3*1-15H;;/q;;;-1;+1. The first kappa shape index (κ1) is 48.7. The molecule has 0 aliphatic carbocycles. The number of benzene rings is 9. The maximum absolute atomic E-state index is 9.75. The largest absolute Gasteiger partial charge is 1.00 e. The topological polar surface area (TPSA) is 0 Å². The van der Waals surface area contributed by atoms with Gasteiger partial charge in [0.15, 0.2) is 0 Å². The number of rotatable bonds is 9. The van der Waals surface area contributed by atoms with E-state index in [0.717, 1.165) is 0 Å². The van der Waals surface area contributed by atoms with Crippen LogP contribution < -0.4 is 47.7 Å². The molecule has 316 valence electrons. The van der Waals surface area contributed by atoms with Gasteiger partial charge in [0.05, 0.1) is 0 Å². The van der Waals surface area contributed by atoms with E-state index in [2.05, 4.69) is 273 Å². The monoisotopic (exact) mass is 976 g/mol. The van der Waals surface area contributed by atoms with Crippen LogP contribution >= 0.6 is 23.8 Å². The van der Waals surface area contributed by atoms with Crippen LogP contribution in [0.4, 0.5) is 17.3 Å².